The summed E-state index contributed by atoms with van der Waals surface area (Å²) in [5, 5.41) is 10.9. The molecule has 1 aliphatic rings. The number of thiazole rings is 1. The first-order valence-corrected chi connectivity index (χ1v) is 12.1. The molecule has 0 radical (unpaired) electrons. The van der Waals surface area contributed by atoms with Crippen molar-refractivity contribution in [2.45, 2.75) is 33.9 Å². The first kappa shape index (κ1) is 23.0. The summed E-state index contributed by atoms with van der Waals surface area (Å²) in [6.45, 7) is 0. The molecular formula is C23H15F4NO4S2. The number of fused-ring (bicyclic) bond motifs is 1. The number of rotatable bonds is 5. The summed E-state index contributed by atoms with van der Waals surface area (Å²) in [6.07, 6.45) is -3.49. The molecule has 0 aliphatic heterocycles. The van der Waals surface area contributed by atoms with Gasteiger partial charge in [0.2, 0.25) is 0 Å². The van der Waals surface area contributed by atoms with Crippen molar-refractivity contribution in [2.24, 2.45) is 5.92 Å². The van der Waals surface area contributed by atoms with E-state index in [4.69, 9.17) is 4.42 Å². The highest BCUT2D eigenvalue weighted by Gasteiger charge is 2.64. The maximum atomic E-state index is 13.6. The number of aliphatic hydroxyl groups is 1. The monoisotopic (exact) mass is 509 g/mol. The van der Waals surface area contributed by atoms with Crippen molar-refractivity contribution < 1.29 is 31.6 Å². The lowest BCUT2D eigenvalue weighted by atomic mass is 9.96. The third-order valence-electron chi connectivity index (χ3n) is 5.70. The second kappa shape index (κ2) is 8.19. The Bertz CT molecular complexity index is 1430. The van der Waals surface area contributed by atoms with Crippen LogP contribution >= 0.6 is 11.3 Å². The van der Waals surface area contributed by atoms with E-state index in [9.17, 15) is 32.0 Å². The highest BCUT2D eigenvalue weighted by Crippen LogP contribution is 2.55. The summed E-state index contributed by atoms with van der Waals surface area (Å²) in [6, 6.07) is 11.2. The second-order valence-electron chi connectivity index (χ2n) is 7.94. The fourth-order valence-electron chi connectivity index (χ4n) is 3.82. The van der Waals surface area contributed by atoms with Crippen molar-refractivity contribution in [3.8, 4) is 11.1 Å². The Morgan fingerprint density at radius 1 is 1.12 bits per heavy atom. The highest BCUT2D eigenvalue weighted by molar-refractivity contribution is 7.93. The first-order valence-electron chi connectivity index (χ1n) is 10.1. The van der Waals surface area contributed by atoms with E-state index in [1.54, 1.807) is 6.07 Å². The van der Waals surface area contributed by atoms with Crippen LogP contribution in [0.25, 0.3) is 22.1 Å². The molecule has 5 rings (SSSR count). The van der Waals surface area contributed by atoms with Crippen molar-refractivity contribution in [2.75, 3.05) is 0 Å². The average molecular weight is 510 g/mol. The van der Waals surface area contributed by atoms with Gasteiger partial charge in [-0.3, -0.25) is 0 Å². The summed E-state index contributed by atoms with van der Waals surface area (Å²) in [7, 11) is 0. The second-order valence-corrected chi connectivity index (χ2v) is 10.6. The molecule has 2 unspecified atom stereocenters. The molecule has 2 heterocycles. The minimum Gasteiger partial charge on any atom is -0.605 e. The molecule has 34 heavy (non-hydrogen) atoms. The number of nitrogens with zero attached hydrogens (tertiary/aromatic N) is 1. The quantitative estimate of drug-likeness (QED) is 0.222. The molecule has 0 saturated heterocycles. The van der Waals surface area contributed by atoms with Crippen molar-refractivity contribution in [1.29, 1.82) is 0 Å². The molecule has 176 valence electrons. The van der Waals surface area contributed by atoms with Crippen LogP contribution in [-0.2, 0) is 16.8 Å². The van der Waals surface area contributed by atoms with E-state index >= 15 is 0 Å². The van der Waals surface area contributed by atoms with Crippen LogP contribution < -0.4 is 5.63 Å². The maximum absolute atomic E-state index is 13.6. The topological polar surface area (TPSA) is 86.4 Å². The molecule has 1 saturated carbocycles. The van der Waals surface area contributed by atoms with Crippen LogP contribution in [0.4, 0.5) is 17.6 Å². The third kappa shape index (κ3) is 3.92. The SMILES string of the molecule is O=c1cc(-c2ccc(F)cc2)c2ccc([S+]([O-])c3ncc(C(O)(C4CC4)C(F)(F)F)s3)cc2o1. The zero-order valence-electron chi connectivity index (χ0n) is 17.1. The summed E-state index contributed by atoms with van der Waals surface area (Å²) in [5.74, 6) is -1.38. The molecule has 0 amide bonds. The summed E-state index contributed by atoms with van der Waals surface area (Å²) in [4.78, 5) is 15.8. The van der Waals surface area contributed by atoms with Crippen LogP contribution in [-0.4, -0.2) is 20.8 Å². The van der Waals surface area contributed by atoms with E-state index in [1.165, 1.54) is 42.5 Å². The van der Waals surface area contributed by atoms with Gasteiger partial charge < -0.3 is 14.1 Å². The number of alkyl halides is 3. The van der Waals surface area contributed by atoms with E-state index < -0.39 is 45.2 Å². The predicted octanol–water partition coefficient (Wildman–Crippen LogP) is 5.38. The van der Waals surface area contributed by atoms with Crippen molar-refractivity contribution >= 4 is 33.5 Å². The standard InChI is InChI=1S/C23H15F4NO4S2/c24-14-5-1-12(2-6-14)17-10-20(29)32-18-9-15(7-8-16(17)18)34(31)21-28-11-19(33-21)22(30,13-3-4-13)23(25,26)27/h1-2,5-11,13,30H,3-4H2. The van der Waals surface area contributed by atoms with Crippen LogP contribution in [0.2, 0.25) is 0 Å². The van der Waals surface area contributed by atoms with E-state index in [0.29, 0.717) is 27.8 Å². The molecule has 5 nitrogen and oxygen atoms in total. The third-order valence-corrected chi connectivity index (χ3v) is 8.43. The van der Waals surface area contributed by atoms with Crippen LogP contribution in [0, 0.1) is 11.7 Å². The Hall–Kier alpha value is -2.73. The largest absolute Gasteiger partial charge is 0.605 e. The normalized spacial score (nSPS) is 17.0. The molecule has 2 aromatic carbocycles. The zero-order valence-corrected chi connectivity index (χ0v) is 18.8. The highest BCUT2D eigenvalue weighted by atomic mass is 32.2. The van der Waals surface area contributed by atoms with Crippen molar-refractivity contribution in [3.63, 3.8) is 0 Å². The Kier molecular flexibility index (Phi) is 5.55. The maximum Gasteiger partial charge on any atom is 0.422 e. The molecule has 1 aliphatic carbocycles. The number of benzene rings is 2. The first-order chi connectivity index (χ1) is 16.1. The lowest BCUT2D eigenvalue weighted by molar-refractivity contribution is -0.274. The Labute approximate surface area is 196 Å². The lowest BCUT2D eigenvalue weighted by Gasteiger charge is -2.28. The van der Waals surface area contributed by atoms with Gasteiger partial charge in [0.25, 0.3) is 0 Å². The number of hydrogen-bond donors (Lipinski definition) is 1. The average Bonchev–Trinajstić information content (AvgIpc) is 3.53. The van der Waals surface area contributed by atoms with E-state index in [0.717, 1.165) is 6.20 Å². The van der Waals surface area contributed by atoms with Gasteiger partial charge in [0.1, 0.15) is 11.4 Å². The van der Waals surface area contributed by atoms with E-state index in [1.807, 2.05) is 0 Å². The van der Waals surface area contributed by atoms with Crippen LogP contribution in [0.5, 0.6) is 0 Å². The molecule has 11 heteroatoms. The van der Waals surface area contributed by atoms with Gasteiger partial charge in [-0.2, -0.15) is 18.2 Å². The van der Waals surface area contributed by atoms with Gasteiger partial charge >= 0.3 is 16.1 Å². The smallest absolute Gasteiger partial charge is 0.422 e. The Morgan fingerprint density at radius 3 is 2.47 bits per heavy atom. The molecule has 2 atom stereocenters. The molecular weight excluding hydrogens is 494 g/mol. The molecule has 1 fully saturated rings. The molecule has 2 aromatic heterocycles. The minimum atomic E-state index is -4.89. The molecule has 0 bridgehead atoms. The Morgan fingerprint density at radius 2 is 1.82 bits per heavy atom. The van der Waals surface area contributed by atoms with Crippen molar-refractivity contribution in [3.05, 3.63) is 75.8 Å². The predicted molar refractivity (Wildman–Crippen MR) is 117 cm³/mol. The van der Waals surface area contributed by atoms with E-state index in [-0.39, 0.29) is 27.7 Å². The summed E-state index contributed by atoms with van der Waals surface area (Å²) >= 11 is -1.44. The van der Waals surface area contributed by atoms with Gasteiger partial charge in [-0.1, -0.05) is 23.5 Å². The van der Waals surface area contributed by atoms with Gasteiger partial charge in [-0.25, -0.2) is 9.18 Å². The van der Waals surface area contributed by atoms with Gasteiger partial charge in [-0.05, 0) is 48.2 Å². The van der Waals surface area contributed by atoms with Crippen LogP contribution in [0.3, 0.4) is 0 Å². The van der Waals surface area contributed by atoms with Crippen LogP contribution in [0.15, 0.2) is 73.2 Å². The molecule has 1 N–H and O–H groups in total. The number of hydrogen-bond acceptors (Lipinski definition) is 6. The van der Waals surface area contributed by atoms with Crippen molar-refractivity contribution in [1.82, 2.24) is 4.98 Å². The van der Waals surface area contributed by atoms with Gasteiger partial charge in [0.15, 0.2) is 10.5 Å². The van der Waals surface area contributed by atoms with Gasteiger partial charge in [0, 0.05) is 29.6 Å². The number of halogens is 4. The van der Waals surface area contributed by atoms with Crippen LogP contribution in [0.1, 0.15) is 17.7 Å². The van der Waals surface area contributed by atoms with Gasteiger partial charge in [-0.15, -0.1) is 0 Å². The summed E-state index contributed by atoms with van der Waals surface area (Å²) in [5.41, 5.74) is -2.53. The molecule has 4 aromatic rings. The Balaban J connectivity index is 1.52. The minimum absolute atomic E-state index is 0.110. The lowest BCUT2D eigenvalue weighted by Crippen LogP contribution is -2.43. The number of aromatic nitrogens is 1. The fourth-order valence-corrected chi connectivity index (χ4v) is 6.27. The summed E-state index contributed by atoms with van der Waals surface area (Å²) < 4.78 is 72.3. The fraction of sp³-hybridized carbons (Fsp3) is 0.217. The zero-order chi connectivity index (χ0) is 24.3. The molecule has 0 spiro atoms. The van der Waals surface area contributed by atoms with E-state index in [2.05, 4.69) is 4.98 Å². The van der Waals surface area contributed by atoms with Gasteiger partial charge in [0.05, 0.1) is 16.1 Å².